The molecule has 5 heteroatoms. The van der Waals surface area contributed by atoms with Gasteiger partial charge in [0.2, 0.25) is 0 Å². The van der Waals surface area contributed by atoms with Crippen LogP contribution in [0.25, 0.3) is 0 Å². The van der Waals surface area contributed by atoms with Crippen molar-refractivity contribution in [3.63, 3.8) is 0 Å². The van der Waals surface area contributed by atoms with E-state index in [0.29, 0.717) is 0 Å². The second kappa shape index (κ2) is 5.44. The van der Waals surface area contributed by atoms with Crippen molar-refractivity contribution in [3.05, 3.63) is 0 Å². The fraction of sp³-hybridized carbons (Fsp3) is 0.900. The van der Waals surface area contributed by atoms with Crippen LogP contribution in [-0.4, -0.2) is 42.3 Å². The maximum absolute atomic E-state index is 11.1. The molecule has 0 bridgehead atoms. The smallest absolute Gasteiger partial charge is 0.309 e. The maximum Gasteiger partial charge on any atom is 0.309 e. The summed E-state index contributed by atoms with van der Waals surface area (Å²) in [6.45, 7) is 4.87. The zero-order valence-corrected chi connectivity index (χ0v) is 9.85. The molecule has 0 rings (SSSR count). The van der Waals surface area contributed by atoms with Crippen LogP contribution in [0.1, 0.15) is 20.8 Å². The molecule has 0 aliphatic heterocycles. The van der Waals surface area contributed by atoms with Crippen LogP contribution < -0.4 is 0 Å². The summed E-state index contributed by atoms with van der Waals surface area (Å²) in [5, 5.41) is 19.2. The maximum atomic E-state index is 11.1. The van der Waals surface area contributed by atoms with Crippen molar-refractivity contribution in [2.45, 2.75) is 32.7 Å². The van der Waals surface area contributed by atoms with E-state index in [4.69, 9.17) is 14.6 Å². The highest BCUT2D eigenvalue weighted by Crippen LogP contribution is 2.30. The minimum atomic E-state index is -1.57. The highest BCUT2D eigenvalue weighted by molar-refractivity contribution is 5.71. The third kappa shape index (κ3) is 3.15. The van der Waals surface area contributed by atoms with Gasteiger partial charge >= 0.3 is 5.97 Å². The highest BCUT2D eigenvalue weighted by Gasteiger charge is 2.46. The lowest BCUT2D eigenvalue weighted by Gasteiger charge is -2.37. The molecule has 90 valence electrons. The molecule has 0 radical (unpaired) electrons. The molecule has 0 saturated heterocycles. The first-order chi connectivity index (χ1) is 6.78. The standard InChI is InChI=1S/C10H20O5/c1-6(2)7(8(11)12)10(3,13)9(14-4)15-5/h6-7,9,13H,1-5H3,(H,11,12). The van der Waals surface area contributed by atoms with Crippen LogP contribution in [0.5, 0.6) is 0 Å². The van der Waals surface area contributed by atoms with Gasteiger partial charge in [-0.2, -0.15) is 0 Å². The van der Waals surface area contributed by atoms with Gasteiger partial charge in [0.25, 0.3) is 0 Å². The van der Waals surface area contributed by atoms with Crippen molar-refractivity contribution in [1.29, 1.82) is 0 Å². The SMILES string of the molecule is COC(OC)C(C)(O)C(C(=O)O)C(C)C. The average Bonchev–Trinajstić information content (AvgIpc) is 2.02. The van der Waals surface area contributed by atoms with Gasteiger partial charge in [0.1, 0.15) is 5.60 Å². The van der Waals surface area contributed by atoms with Crippen molar-refractivity contribution in [3.8, 4) is 0 Å². The Hall–Kier alpha value is -0.650. The minimum absolute atomic E-state index is 0.217. The van der Waals surface area contributed by atoms with E-state index >= 15 is 0 Å². The van der Waals surface area contributed by atoms with E-state index in [2.05, 4.69) is 0 Å². The van der Waals surface area contributed by atoms with Gasteiger partial charge in [-0.15, -0.1) is 0 Å². The second-order valence-corrected chi connectivity index (χ2v) is 4.09. The molecule has 2 unspecified atom stereocenters. The molecule has 0 aliphatic rings. The first-order valence-electron chi connectivity index (χ1n) is 4.79. The molecule has 0 spiro atoms. The normalized spacial score (nSPS) is 17.9. The fourth-order valence-corrected chi connectivity index (χ4v) is 1.93. The fourth-order valence-electron chi connectivity index (χ4n) is 1.93. The van der Waals surface area contributed by atoms with Crippen molar-refractivity contribution < 1.29 is 24.5 Å². The second-order valence-electron chi connectivity index (χ2n) is 4.09. The summed E-state index contributed by atoms with van der Waals surface area (Å²) < 4.78 is 9.82. The zero-order chi connectivity index (χ0) is 12.2. The number of methoxy groups -OCH3 is 2. The monoisotopic (exact) mass is 220 g/mol. The lowest BCUT2D eigenvalue weighted by atomic mass is 9.80. The van der Waals surface area contributed by atoms with Gasteiger partial charge < -0.3 is 19.7 Å². The molecule has 0 aromatic heterocycles. The number of carboxylic acid groups (broad SMARTS) is 1. The highest BCUT2D eigenvalue weighted by atomic mass is 16.7. The molecule has 0 aromatic rings. The van der Waals surface area contributed by atoms with Gasteiger partial charge in [0.15, 0.2) is 6.29 Å². The average molecular weight is 220 g/mol. The van der Waals surface area contributed by atoms with Crippen LogP contribution in [0.2, 0.25) is 0 Å². The van der Waals surface area contributed by atoms with Gasteiger partial charge in [0, 0.05) is 14.2 Å². The van der Waals surface area contributed by atoms with E-state index in [1.165, 1.54) is 21.1 Å². The Morgan fingerprint density at radius 1 is 1.27 bits per heavy atom. The topological polar surface area (TPSA) is 76.0 Å². The van der Waals surface area contributed by atoms with E-state index in [1.54, 1.807) is 13.8 Å². The summed E-state index contributed by atoms with van der Waals surface area (Å²) in [6.07, 6.45) is -0.957. The molecule has 0 amide bonds. The number of aliphatic carboxylic acids is 1. The van der Waals surface area contributed by atoms with Crippen LogP contribution in [0.4, 0.5) is 0 Å². The predicted molar refractivity (Wildman–Crippen MR) is 54.4 cm³/mol. The Kier molecular flexibility index (Phi) is 5.20. The molecule has 0 aliphatic carbocycles. The summed E-state index contributed by atoms with van der Waals surface area (Å²) in [5.74, 6) is -2.22. The zero-order valence-electron chi connectivity index (χ0n) is 9.85. The van der Waals surface area contributed by atoms with Gasteiger partial charge in [-0.05, 0) is 12.8 Å². The lowest BCUT2D eigenvalue weighted by molar-refractivity contribution is -0.234. The van der Waals surface area contributed by atoms with E-state index in [1.807, 2.05) is 0 Å². The van der Waals surface area contributed by atoms with Crippen molar-refractivity contribution in [2.75, 3.05) is 14.2 Å². The van der Waals surface area contributed by atoms with Crippen LogP contribution in [0.15, 0.2) is 0 Å². The van der Waals surface area contributed by atoms with Gasteiger partial charge in [-0.1, -0.05) is 13.8 Å². The van der Waals surface area contributed by atoms with Crippen LogP contribution in [0.3, 0.4) is 0 Å². The van der Waals surface area contributed by atoms with Crippen molar-refractivity contribution in [2.24, 2.45) is 11.8 Å². The Bertz CT molecular complexity index is 208. The van der Waals surface area contributed by atoms with E-state index in [0.717, 1.165) is 0 Å². The van der Waals surface area contributed by atoms with Gasteiger partial charge in [0.05, 0.1) is 5.92 Å². The predicted octanol–water partition coefficient (Wildman–Crippen LogP) is 0.713. The largest absolute Gasteiger partial charge is 0.481 e. The molecule has 0 saturated carbocycles. The third-order valence-electron chi connectivity index (χ3n) is 2.47. The number of hydrogen-bond acceptors (Lipinski definition) is 4. The quantitative estimate of drug-likeness (QED) is 0.645. The minimum Gasteiger partial charge on any atom is -0.481 e. The molecule has 2 atom stereocenters. The molecule has 5 nitrogen and oxygen atoms in total. The molecule has 15 heavy (non-hydrogen) atoms. The number of carbonyl (C=O) groups is 1. The molecule has 0 heterocycles. The third-order valence-corrected chi connectivity index (χ3v) is 2.47. The molecule has 0 aromatic carbocycles. The Balaban J connectivity index is 5.00. The van der Waals surface area contributed by atoms with Gasteiger partial charge in [-0.25, -0.2) is 0 Å². The number of carboxylic acids is 1. The number of hydrogen-bond donors (Lipinski definition) is 2. The summed E-state index contributed by atoms with van der Waals surface area (Å²) >= 11 is 0. The Morgan fingerprint density at radius 3 is 1.87 bits per heavy atom. The first kappa shape index (κ1) is 14.3. The van der Waals surface area contributed by atoms with E-state index in [-0.39, 0.29) is 5.92 Å². The van der Waals surface area contributed by atoms with Crippen LogP contribution in [-0.2, 0) is 14.3 Å². The Labute approximate surface area is 90.0 Å². The van der Waals surface area contributed by atoms with Crippen molar-refractivity contribution in [1.82, 2.24) is 0 Å². The summed E-state index contributed by atoms with van der Waals surface area (Å²) in [7, 11) is 2.73. The van der Waals surface area contributed by atoms with Crippen LogP contribution >= 0.6 is 0 Å². The van der Waals surface area contributed by atoms with E-state index < -0.39 is 23.8 Å². The molecule has 2 N–H and O–H groups in total. The van der Waals surface area contributed by atoms with E-state index in [9.17, 15) is 9.90 Å². The summed E-state index contributed by atoms with van der Waals surface area (Å²) in [4.78, 5) is 11.1. The first-order valence-corrected chi connectivity index (χ1v) is 4.79. The van der Waals surface area contributed by atoms with Crippen molar-refractivity contribution >= 4 is 5.97 Å². The summed E-state index contributed by atoms with van der Waals surface area (Å²) in [5.41, 5.74) is -1.57. The molecular weight excluding hydrogens is 200 g/mol. The van der Waals surface area contributed by atoms with Gasteiger partial charge in [-0.3, -0.25) is 4.79 Å². The molecule has 0 fully saturated rings. The lowest BCUT2D eigenvalue weighted by Crippen LogP contribution is -2.52. The number of ether oxygens (including phenoxy) is 2. The Morgan fingerprint density at radius 2 is 1.67 bits per heavy atom. The summed E-state index contributed by atoms with van der Waals surface area (Å²) in [6, 6.07) is 0. The molecular formula is C10H20O5. The number of aliphatic hydroxyl groups is 1. The number of rotatable bonds is 6. The van der Waals surface area contributed by atoms with Crippen LogP contribution in [0, 0.1) is 11.8 Å².